The number of hydrogen-bond acceptors (Lipinski definition) is 4. The lowest BCUT2D eigenvalue weighted by Crippen LogP contribution is -2.50. The van der Waals surface area contributed by atoms with Crippen LogP contribution in [0.4, 0.5) is 0 Å². The molecule has 156 valence electrons. The largest absolute Gasteiger partial charge is 0.493 e. The third-order valence-corrected chi connectivity index (χ3v) is 7.20. The van der Waals surface area contributed by atoms with Crippen molar-refractivity contribution < 1.29 is 17.9 Å². The summed E-state index contributed by atoms with van der Waals surface area (Å²) in [6.07, 6.45) is 0.275. The van der Waals surface area contributed by atoms with E-state index in [1.54, 1.807) is 17.9 Å². The summed E-state index contributed by atoms with van der Waals surface area (Å²) >= 11 is 0. The standard InChI is InChI=1S/C22H28N2O4S/c1-17-5-8-20(9-6-17)28-15-10-22(25)23-11-13-24(14-12-23)29(26,27)21-16-18(2)4-7-19(21)3/h4-9,16H,10-15H2,1-3H3. The highest BCUT2D eigenvalue weighted by Crippen LogP contribution is 2.22. The highest BCUT2D eigenvalue weighted by molar-refractivity contribution is 7.89. The van der Waals surface area contributed by atoms with Gasteiger partial charge in [0.2, 0.25) is 15.9 Å². The first-order valence-corrected chi connectivity index (χ1v) is 11.3. The predicted octanol–water partition coefficient (Wildman–Crippen LogP) is 2.91. The quantitative estimate of drug-likeness (QED) is 0.726. The Kier molecular flexibility index (Phi) is 6.59. The van der Waals surface area contributed by atoms with Crippen LogP contribution in [0.25, 0.3) is 0 Å². The lowest BCUT2D eigenvalue weighted by Gasteiger charge is -2.34. The second-order valence-corrected chi connectivity index (χ2v) is 9.37. The van der Waals surface area contributed by atoms with Crippen LogP contribution < -0.4 is 4.74 Å². The van der Waals surface area contributed by atoms with Gasteiger partial charge in [-0.3, -0.25) is 4.79 Å². The third-order valence-electron chi connectivity index (χ3n) is 5.16. The molecular formula is C22H28N2O4S. The van der Waals surface area contributed by atoms with Gasteiger partial charge in [-0.2, -0.15) is 4.31 Å². The van der Waals surface area contributed by atoms with Crippen LogP contribution in [0.15, 0.2) is 47.4 Å². The number of nitrogens with zero attached hydrogens (tertiary/aromatic N) is 2. The Morgan fingerprint density at radius 2 is 1.55 bits per heavy atom. The van der Waals surface area contributed by atoms with Gasteiger partial charge in [0.1, 0.15) is 5.75 Å². The molecule has 0 atom stereocenters. The van der Waals surface area contributed by atoms with E-state index in [9.17, 15) is 13.2 Å². The summed E-state index contributed by atoms with van der Waals surface area (Å²) in [7, 11) is -3.55. The molecule has 1 saturated heterocycles. The second-order valence-electron chi connectivity index (χ2n) is 7.47. The zero-order chi connectivity index (χ0) is 21.0. The van der Waals surface area contributed by atoms with Gasteiger partial charge < -0.3 is 9.64 Å². The fraction of sp³-hybridized carbons (Fsp3) is 0.409. The smallest absolute Gasteiger partial charge is 0.243 e. The SMILES string of the molecule is Cc1ccc(OCCC(=O)N2CCN(S(=O)(=O)c3cc(C)ccc3C)CC2)cc1. The van der Waals surface area contributed by atoms with Gasteiger partial charge in [-0.05, 0) is 50.1 Å². The summed E-state index contributed by atoms with van der Waals surface area (Å²) in [6.45, 7) is 7.41. The Balaban J connectivity index is 1.52. The average molecular weight is 417 g/mol. The van der Waals surface area contributed by atoms with Gasteiger partial charge >= 0.3 is 0 Å². The molecule has 0 unspecified atom stereocenters. The summed E-state index contributed by atoms with van der Waals surface area (Å²) < 4.78 is 33.1. The molecule has 0 radical (unpaired) electrons. The number of hydrogen-bond donors (Lipinski definition) is 0. The number of rotatable bonds is 6. The number of aryl methyl sites for hydroxylation is 3. The molecule has 1 heterocycles. The molecule has 0 aliphatic carbocycles. The molecule has 0 aromatic heterocycles. The first kappa shape index (κ1) is 21.3. The van der Waals surface area contributed by atoms with Gasteiger partial charge in [0, 0.05) is 26.2 Å². The van der Waals surface area contributed by atoms with Gasteiger partial charge in [0.15, 0.2) is 0 Å². The number of benzene rings is 2. The topological polar surface area (TPSA) is 66.9 Å². The van der Waals surface area contributed by atoms with Crippen molar-refractivity contribution in [2.75, 3.05) is 32.8 Å². The Morgan fingerprint density at radius 1 is 0.931 bits per heavy atom. The lowest BCUT2D eigenvalue weighted by atomic mass is 10.2. The molecule has 3 rings (SSSR count). The molecule has 0 saturated carbocycles. The summed E-state index contributed by atoms with van der Waals surface area (Å²) in [5, 5.41) is 0. The molecule has 7 heteroatoms. The maximum atomic E-state index is 13.0. The molecule has 1 aliphatic heterocycles. The van der Waals surface area contributed by atoms with Crippen LogP contribution in [0.1, 0.15) is 23.1 Å². The average Bonchev–Trinajstić information content (AvgIpc) is 2.71. The molecule has 2 aromatic rings. The van der Waals surface area contributed by atoms with Gasteiger partial charge in [-0.15, -0.1) is 0 Å². The monoisotopic (exact) mass is 416 g/mol. The Hall–Kier alpha value is -2.38. The second kappa shape index (κ2) is 8.97. The zero-order valence-electron chi connectivity index (χ0n) is 17.2. The number of carbonyl (C=O) groups excluding carboxylic acids is 1. The maximum Gasteiger partial charge on any atom is 0.243 e. The predicted molar refractivity (Wildman–Crippen MR) is 113 cm³/mol. The van der Waals surface area contributed by atoms with Crippen LogP contribution in [0, 0.1) is 20.8 Å². The van der Waals surface area contributed by atoms with Crippen LogP contribution in [0.2, 0.25) is 0 Å². The van der Waals surface area contributed by atoms with Crippen LogP contribution in [0.3, 0.4) is 0 Å². The fourth-order valence-electron chi connectivity index (χ4n) is 3.35. The van der Waals surface area contributed by atoms with E-state index >= 15 is 0 Å². The number of sulfonamides is 1. The molecule has 29 heavy (non-hydrogen) atoms. The molecule has 0 spiro atoms. The fourth-order valence-corrected chi connectivity index (χ4v) is 5.08. The van der Waals surface area contributed by atoms with E-state index in [0.29, 0.717) is 37.7 Å². The zero-order valence-corrected chi connectivity index (χ0v) is 18.0. The Bertz CT molecular complexity index is 963. The molecule has 1 fully saturated rings. The van der Waals surface area contributed by atoms with Crippen LogP contribution in [0.5, 0.6) is 5.75 Å². The van der Waals surface area contributed by atoms with Crippen LogP contribution >= 0.6 is 0 Å². The van der Waals surface area contributed by atoms with Crippen molar-refractivity contribution in [3.05, 3.63) is 59.2 Å². The lowest BCUT2D eigenvalue weighted by molar-refractivity contribution is -0.132. The highest BCUT2D eigenvalue weighted by atomic mass is 32.2. The Labute approximate surface area is 173 Å². The summed E-state index contributed by atoms with van der Waals surface area (Å²) in [5.74, 6) is 0.730. The van der Waals surface area contributed by atoms with E-state index in [1.807, 2.05) is 50.2 Å². The number of amides is 1. The molecule has 1 amide bonds. The number of ether oxygens (including phenoxy) is 1. The summed E-state index contributed by atoms with van der Waals surface area (Å²) in [6, 6.07) is 13.2. The summed E-state index contributed by atoms with van der Waals surface area (Å²) in [5.41, 5.74) is 2.81. The molecular weight excluding hydrogens is 388 g/mol. The van der Waals surface area contributed by atoms with E-state index in [2.05, 4.69) is 0 Å². The molecule has 0 N–H and O–H groups in total. The third kappa shape index (κ3) is 5.16. The van der Waals surface area contributed by atoms with Crippen molar-refractivity contribution in [3.8, 4) is 5.75 Å². The van der Waals surface area contributed by atoms with Crippen molar-refractivity contribution in [1.29, 1.82) is 0 Å². The van der Waals surface area contributed by atoms with Gasteiger partial charge in [0.05, 0.1) is 17.9 Å². The molecule has 1 aliphatic rings. The van der Waals surface area contributed by atoms with Crippen LogP contribution in [-0.4, -0.2) is 56.3 Å². The first-order chi connectivity index (χ1) is 13.8. The van der Waals surface area contributed by atoms with E-state index < -0.39 is 10.0 Å². The minimum atomic E-state index is -3.55. The van der Waals surface area contributed by atoms with Crippen molar-refractivity contribution in [2.45, 2.75) is 32.1 Å². The molecule has 2 aromatic carbocycles. The molecule has 0 bridgehead atoms. The summed E-state index contributed by atoms with van der Waals surface area (Å²) in [4.78, 5) is 14.5. The highest BCUT2D eigenvalue weighted by Gasteiger charge is 2.31. The molecule has 6 nitrogen and oxygen atoms in total. The van der Waals surface area contributed by atoms with Gasteiger partial charge in [-0.25, -0.2) is 8.42 Å². The van der Waals surface area contributed by atoms with E-state index in [4.69, 9.17) is 4.74 Å². The number of carbonyl (C=O) groups is 1. The first-order valence-electron chi connectivity index (χ1n) is 9.82. The normalized spacial score (nSPS) is 15.3. The minimum Gasteiger partial charge on any atom is -0.493 e. The van der Waals surface area contributed by atoms with Gasteiger partial charge in [0.25, 0.3) is 0 Å². The van der Waals surface area contributed by atoms with Crippen LogP contribution in [-0.2, 0) is 14.8 Å². The van der Waals surface area contributed by atoms with Crippen molar-refractivity contribution in [2.24, 2.45) is 0 Å². The van der Waals surface area contributed by atoms with E-state index in [-0.39, 0.29) is 12.3 Å². The minimum absolute atomic E-state index is 0.0131. The Morgan fingerprint density at radius 3 is 2.21 bits per heavy atom. The number of piperazine rings is 1. The van der Waals surface area contributed by atoms with Gasteiger partial charge in [-0.1, -0.05) is 29.8 Å². The van der Waals surface area contributed by atoms with Crippen molar-refractivity contribution >= 4 is 15.9 Å². The van der Waals surface area contributed by atoms with Crippen molar-refractivity contribution in [3.63, 3.8) is 0 Å². The van der Waals surface area contributed by atoms with Crippen molar-refractivity contribution in [1.82, 2.24) is 9.21 Å². The van der Waals surface area contributed by atoms with E-state index in [0.717, 1.165) is 22.4 Å². The van der Waals surface area contributed by atoms with E-state index in [1.165, 1.54) is 4.31 Å². The maximum absolute atomic E-state index is 13.0.